The number of nitrogens with zero attached hydrogens (tertiary/aromatic N) is 2. The van der Waals surface area contributed by atoms with Crippen LogP contribution in [0.3, 0.4) is 0 Å². The highest BCUT2D eigenvalue weighted by Crippen LogP contribution is 2.55. The van der Waals surface area contributed by atoms with E-state index in [9.17, 15) is 9.59 Å². The molecule has 1 N–H and O–H groups in total. The molecule has 0 aliphatic carbocycles. The summed E-state index contributed by atoms with van der Waals surface area (Å²) in [6.45, 7) is 1.78. The molecule has 6 nitrogen and oxygen atoms in total. The Labute approximate surface area is 180 Å². The zero-order valence-electron chi connectivity index (χ0n) is 17.0. The number of nitrogens with one attached hydrogen (secondary N) is 1. The highest BCUT2D eigenvalue weighted by molar-refractivity contribution is 8.02. The van der Waals surface area contributed by atoms with Crippen molar-refractivity contribution < 1.29 is 14.3 Å². The maximum atomic E-state index is 13.4. The lowest BCUT2D eigenvalue weighted by Gasteiger charge is -2.36. The van der Waals surface area contributed by atoms with Gasteiger partial charge in [-0.1, -0.05) is 23.9 Å². The van der Waals surface area contributed by atoms with Crippen LogP contribution in [0.1, 0.15) is 25.7 Å². The lowest BCUT2D eigenvalue weighted by atomic mass is 10.0. The molecule has 0 bridgehead atoms. The largest absolute Gasteiger partial charge is 0.497 e. The van der Waals surface area contributed by atoms with Crippen LogP contribution in [-0.2, 0) is 9.59 Å². The first-order chi connectivity index (χ1) is 14.6. The van der Waals surface area contributed by atoms with Gasteiger partial charge in [-0.05, 0) is 55.7 Å². The van der Waals surface area contributed by atoms with Crippen LogP contribution in [0, 0.1) is 0 Å². The second-order valence-corrected chi connectivity index (χ2v) is 9.34. The van der Waals surface area contributed by atoms with Crippen molar-refractivity contribution in [2.75, 3.05) is 30.0 Å². The van der Waals surface area contributed by atoms with Gasteiger partial charge in [-0.3, -0.25) is 14.5 Å². The fourth-order valence-corrected chi connectivity index (χ4v) is 6.09. The van der Waals surface area contributed by atoms with Gasteiger partial charge in [0.15, 0.2) is 4.87 Å². The van der Waals surface area contributed by atoms with Gasteiger partial charge < -0.3 is 15.0 Å². The molecule has 156 valence electrons. The Morgan fingerprint density at radius 1 is 1.13 bits per heavy atom. The summed E-state index contributed by atoms with van der Waals surface area (Å²) in [5, 5.41) is 3.27. The first-order valence-electron chi connectivity index (χ1n) is 10.4. The van der Waals surface area contributed by atoms with Crippen molar-refractivity contribution in [3.05, 3.63) is 48.5 Å². The second kappa shape index (κ2) is 7.54. The molecule has 2 aromatic carbocycles. The molecule has 2 fully saturated rings. The quantitative estimate of drug-likeness (QED) is 0.817. The summed E-state index contributed by atoms with van der Waals surface area (Å²) >= 11 is 1.53. The van der Waals surface area contributed by atoms with Crippen molar-refractivity contribution in [1.29, 1.82) is 0 Å². The number of piperidine rings is 1. The standard InChI is InChI=1S/C23H25N3O3S/c1-29-18-8-6-17(7-9-18)25-14-11-16(12-15-25)24-22(28)23-13-10-21(27)26(23)19-4-2-3-5-20(19)30-23/h2-9,16H,10-15H2,1H3,(H,24,28). The minimum Gasteiger partial charge on any atom is -0.497 e. The molecule has 0 aromatic heterocycles. The van der Waals surface area contributed by atoms with Crippen LogP contribution in [0.2, 0.25) is 0 Å². The van der Waals surface area contributed by atoms with Crippen LogP contribution in [-0.4, -0.2) is 42.9 Å². The molecule has 1 unspecified atom stereocenters. The molecule has 5 rings (SSSR count). The Morgan fingerprint density at radius 2 is 1.87 bits per heavy atom. The third-order valence-corrected chi connectivity index (χ3v) is 7.77. The van der Waals surface area contributed by atoms with Crippen molar-refractivity contribution in [3.63, 3.8) is 0 Å². The predicted octanol–water partition coefficient (Wildman–Crippen LogP) is 3.41. The number of amides is 2. The van der Waals surface area contributed by atoms with E-state index in [1.807, 2.05) is 36.4 Å². The first-order valence-corrected chi connectivity index (χ1v) is 11.2. The summed E-state index contributed by atoms with van der Waals surface area (Å²) in [6.07, 6.45) is 2.76. The third-order valence-electron chi connectivity index (χ3n) is 6.30. The van der Waals surface area contributed by atoms with Crippen LogP contribution in [0.5, 0.6) is 5.75 Å². The number of hydrogen-bond donors (Lipinski definition) is 1. The molecular weight excluding hydrogens is 398 g/mol. The lowest BCUT2D eigenvalue weighted by Crippen LogP contribution is -2.56. The molecule has 0 spiro atoms. The first kappa shape index (κ1) is 19.3. The molecule has 3 aliphatic heterocycles. The van der Waals surface area contributed by atoms with E-state index >= 15 is 0 Å². The van der Waals surface area contributed by atoms with E-state index in [0.717, 1.165) is 42.3 Å². The molecule has 0 radical (unpaired) electrons. The van der Waals surface area contributed by atoms with Crippen molar-refractivity contribution >= 4 is 35.0 Å². The fraction of sp³-hybridized carbons (Fsp3) is 0.391. The number of para-hydroxylation sites is 1. The van der Waals surface area contributed by atoms with E-state index in [1.165, 1.54) is 17.4 Å². The minimum atomic E-state index is -0.826. The average molecular weight is 424 g/mol. The van der Waals surface area contributed by atoms with Crippen LogP contribution in [0.4, 0.5) is 11.4 Å². The van der Waals surface area contributed by atoms with Crippen LogP contribution < -0.4 is 19.9 Å². The van der Waals surface area contributed by atoms with Crippen molar-refractivity contribution in [1.82, 2.24) is 5.32 Å². The van der Waals surface area contributed by atoms with Crippen molar-refractivity contribution in [2.45, 2.75) is 41.5 Å². The van der Waals surface area contributed by atoms with Gasteiger partial charge in [-0.25, -0.2) is 0 Å². The molecule has 30 heavy (non-hydrogen) atoms. The normalized spacial score (nSPS) is 23.3. The fourth-order valence-electron chi connectivity index (χ4n) is 4.67. The number of hydrogen-bond acceptors (Lipinski definition) is 5. The molecule has 3 heterocycles. The summed E-state index contributed by atoms with van der Waals surface area (Å²) in [4.78, 5) is 30.2. The Hall–Kier alpha value is -2.67. The zero-order chi connectivity index (χ0) is 20.7. The van der Waals surface area contributed by atoms with Gasteiger partial charge >= 0.3 is 0 Å². The van der Waals surface area contributed by atoms with Crippen LogP contribution in [0.15, 0.2) is 53.4 Å². The molecule has 3 aliphatic rings. The monoisotopic (exact) mass is 423 g/mol. The number of methoxy groups -OCH3 is 1. The molecular formula is C23H25N3O3S. The van der Waals surface area contributed by atoms with Gasteiger partial charge in [0.05, 0.1) is 12.8 Å². The lowest BCUT2D eigenvalue weighted by molar-refractivity contribution is -0.125. The van der Waals surface area contributed by atoms with Gasteiger partial charge in [0.2, 0.25) is 5.91 Å². The van der Waals surface area contributed by atoms with Crippen LogP contribution in [0.25, 0.3) is 0 Å². The van der Waals surface area contributed by atoms with Gasteiger partial charge in [-0.2, -0.15) is 0 Å². The molecule has 7 heteroatoms. The number of thioether (sulfide) groups is 1. The number of carbonyl (C=O) groups excluding carboxylic acids is 2. The van der Waals surface area contributed by atoms with E-state index in [0.29, 0.717) is 12.8 Å². The van der Waals surface area contributed by atoms with E-state index in [2.05, 4.69) is 22.3 Å². The maximum absolute atomic E-state index is 13.4. The Morgan fingerprint density at radius 3 is 2.60 bits per heavy atom. The minimum absolute atomic E-state index is 0.0301. The maximum Gasteiger partial charge on any atom is 0.257 e. The summed E-state index contributed by atoms with van der Waals surface area (Å²) < 4.78 is 5.23. The van der Waals surface area contributed by atoms with Gasteiger partial charge in [0.25, 0.3) is 5.91 Å². The molecule has 1 atom stereocenters. The summed E-state index contributed by atoms with van der Waals surface area (Å²) in [5.41, 5.74) is 2.04. The topological polar surface area (TPSA) is 61.9 Å². The smallest absolute Gasteiger partial charge is 0.257 e. The zero-order valence-corrected chi connectivity index (χ0v) is 17.8. The van der Waals surface area contributed by atoms with Crippen molar-refractivity contribution in [2.24, 2.45) is 0 Å². The molecule has 2 aromatic rings. The molecule has 2 amide bonds. The van der Waals surface area contributed by atoms with E-state index in [4.69, 9.17) is 4.74 Å². The van der Waals surface area contributed by atoms with E-state index in [-0.39, 0.29) is 17.9 Å². The number of anilines is 2. The second-order valence-electron chi connectivity index (χ2n) is 8.02. The highest BCUT2D eigenvalue weighted by Gasteiger charge is 2.57. The number of benzene rings is 2. The number of rotatable bonds is 4. The Bertz CT molecular complexity index is 972. The van der Waals surface area contributed by atoms with Gasteiger partial charge in [0, 0.05) is 36.1 Å². The number of carbonyl (C=O) groups is 2. The summed E-state index contributed by atoms with van der Waals surface area (Å²) in [7, 11) is 1.67. The number of ether oxygens (including phenoxy) is 1. The number of fused-ring (bicyclic) bond motifs is 3. The summed E-state index contributed by atoms with van der Waals surface area (Å²) in [5.74, 6) is 0.861. The SMILES string of the molecule is COc1ccc(N2CCC(NC(=O)C34CCC(=O)N3c3ccccc3S4)CC2)cc1. The van der Waals surface area contributed by atoms with Gasteiger partial charge in [0.1, 0.15) is 5.75 Å². The Kier molecular flexibility index (Phi) is 4.85. The highest BCUT2D eigenvalue weighted by atomic mass is 32.2. The molecule has 0 saturated carbocycles. The van der Waals surface area contributed by atoms with Crippen LogP contribution >= 0.6 is 11.8 Å². The van der Waals surface area contributed by atoms with E-state index in [1.54, 1.807) is 12.0 Å². The van der Waals surface area contributed by atoms with Crippen molar-refractivity contribution in [3.8, 4) is 5.75 Å². The van der Waals surface area contributed by atoms with Gasteiger partial charge in [-0.15, -0.1) is 0 Å². The average Bonchev–Trinajstić information content (AvgIpc) is 3.30. The molecule has 2 saturated heterocycles. The summed E-state index contributed by atoms with van der Waals surface area (Å²) in [6, 6.07) is 16.0. The third kappa shape index (κ3) is 3.12. The predicted molar refractivity (Wildman–Crippen MR) is 118 cm³/mol. The van der Waals surface area contributed by atoms with E-state index < -0.39 is 4.87 Å². The Balaban J connectivity index is 1.25.